The van der Waals surface area contributed by atoms with Crippen molar-refractivity contribution in [1.29, 1.82) is 0 Å². The number of nitrogen functional groups attached to an aromatic ring is 1. The summed E-state index contributed by atoms with van der Waals surface area (Å²) in [6, 6.07) is 6.27. The second-order valence-corrected chi connectivity index (χ2v) is 4.17. The van der Waals surface area contributed by atoms with Crippen molar-refractivity contribution in [2.24, 2.45) is 5.73 Å². The predicted octanol–water partition coefficient (Wildman–Crippen LogP) is 0.993. The largest absolute Gasteiger partial charge is 0.399 e. The molecule has 0 fully saturated rings. The van der Waals surface area contributed by atoms with Gasteiger partial charge in [-0.1, -0.05) is 0 Å². The highest BCUT2D eigenvalue weighted by molar-refractivity contribution is 6.04. The molecule has 0 aliphatic carbocycles. The zero-order valence-corrected chi connectivity index (χ0v) is 11.7. The van der Waals surface area contributed by atoms with Crippen molar-refractivity contribution in [3.05, 3.63) is 29.8 Å². The predicted molar refractivity (Wildman–Crippen MR) is 78.2 cm³/mol. The molecule has 1 rings (SSSR count). The summed E-state index contributed by atoms with van der Waals surface area (Å²) in [5, 5.41) is 2.27. The molecule has 0 saturated heterocycles. The number of carbonyl (C=O) groups excluding carboxylic acids is 3. The van der Waals surface area contributed by atoms with Crippen LogP contribution >= 0.6 is 12.4 Å². The van der Waals surface area contributed by atoms with E-state index in [0.29, 0.717) is 24.1 Å². The molecule has 6 nitrogen and oxygen atoms in total. The summed E-state index contributed by atoms with van der Waals surface area (Å²) in [6.07, 6.45) is 1.50. The first-order chi connectivity index (χ1) is 8.99. The molecule has 1 aromatic carbocycles. The van der Waals surface area contributed by atoms with Crippen LogP contribution in [0.25, 0.3) is 0 Å². The van der Waals surface area contributed by atoms with E-state index in [1.54, 1.807) is 24.3 Å². The third-order valence-electron chi connectivity index (χ3n) is 2.50. The summed E-state index contributed by atoms with van der Waals surface area (Å²) < 4.78 is 0. The second-order valence-electron chi connectivity index (χ2n) is 4.17. The highest BCUT2D eigenvalue weighted by atomic mass is 35.5. The van der Waals surface area contributed by atoms with Gasteiger partial charge < -0.3 is 11.5 Å². The van der Waals surface area contributed by atoms with Crippen LogP contribution in [0, 0.1) is 0 Å². The molecule has 20 heavy (non-hydrogen) atoms. The van der Waals surface area contributed by atoms with Gasteiger partial charge >= 0.3 is 0 Å². The first kappa shape index (κ1) is 17.9. The van der Waals surface area contributed by atoms with Crippen LogP contribution < -0.4 is 16.8 Å². The topological polar surface area (TPSA) is 115 Å². The van der Waals surface area contributed by atoms with Crippen molar-refractivity contribution >= 4 is 35.8 Å². The Morgan fingerprint density at radius 2 is 1.55 bits per heavy atom. The number of rotatable bonds is 6. The Balaban J connectivity index is 0.00000361. The van der Waals surface area contributed by atoms with Crippen LogP contribution in [0.5, 0.6) is 0 Å². The van der Waals surface area contributed by atoms with E-state index in [4.69, 9.17) is 11.5 Å². The third kappa shape index (κ3) is 6.75. The molecular weight excluding hydrogens is 282 g/mol. The minimum atomic E-state index is -0.458. The number of halogens is 1. The molecule has 0 bridgehead atoms. The van der Waals surface area contributed by atoms with Gasteiger partial charge in [-0.3, -0.25) is 19.7 Å². The van der Waals surface area contributed by atoms with Gasteiger partial charge in [-0.2, -0.15) is 0 Å². The van der Waals surface area contributed by atoms with Gasteiger partial charge in [-0.15, -0.1) is 12.4 Å². The summed E-state index contributed by atoms with van der Waals surface area (Å²) in [4.78, 5) is 33.6. The van der Waals surface area contributed by atoms with E-state index in [-0.39, 0.29) is 31.2 Å². The maximum atomic E-state index is 11.7. The van der Waals surface area contributed by atoms with Gasteiger partial charge in [-0.05, 0) is 37.1 Å². The molecule has 5 N–H and O–H groups in total. The van der Waals surface area contributed by atoms with Gasteiger partial charge in [0, 0.05) is 24.1 Å². The Hall–Kier alpha value is -2.08. The number of anilines is 1. The Kier molecular flexibility index (Phi) is 8.00. The van der Waals surface area contributed by atoms with E-state index in [1.807, 2.05) is 0 Å². The molecule has 110 valence electrons. The lowest BCUT2D eigenvalue weighted by Crippen LogP contribution is -2.30. The van der Waals surface area contributed by atoms with E-state index in [1.165, 1.54) is 0 Å². The van der Waals surface area contributed by atoms with Gasteiger partial charge in [0.15, 0.2) is 0 Å². The van der Waals surface area contributed by atoms with Crippen LogP contribution in [0.15, 0.2) is 24.3 Å². The average Bonchev–Trinajstić information content (AvgIpc) is 2.35. The van der Waals surface area contributed by atoms with Crippen molar-refractivity contribution in [2.45, 2.75) is 25.7 Å². The van der Waals surface area contributed by atoms with Crippen LogP contribution in [0.3, 0.4) is 0 Å². The quantitative estimate of drug-likeness (QED) is 0.536. The fourth-order valence-corrected chi connectivity index (χ4v) is 1.48. The van der Waals surface area contributed by atoms with Crippen LogP contribution in [0.4, 0.5) is 5.69 Å². The van der Waals surface area contributed by atoms with E-state index < -0.39 is 11.8 Å². The lowest BCUT2D eigenvalue weighted by atomic mass is 10.1. The Bertz CT molecular complexity index is 474. The lowest BCUT2D eigenvalue weighted by molar-refractivity contribution is -0.121. The van der Waals surface area contributed by atoms with Gasteiger partial charge in [0.1, 0.15) is 0 Å². The monoisotopic (exact) mass is 299 g/mol. The van der Waals surface area contributed by atoms with Crippen molar-refractivity contribution < 1.29 is 14.4 Å². The zero-order chi connectivity index (χ0) is 14.3. The molecule has 0 heterocycles. The number of imide groups is 1. The van der Waals surface area contributed by atoms with Crippen LogP contribution in [0.1, 0.15) is 36.0 Å². The number of unbranched alkanes of at least 4 members (excludes halogenated alkanes) is 1. The molecule has 0 aliphatic rings. The molecule has 0 atom stereocenters. The van der Waals surface area contributed by atoms with Crippen LogP contribution in [-0.2, 0) is 9.59 Å². The molecule has 7 heteroatoms. The van der Waals surface area contributed by atoms with Gasteiger partial charge in [0.25, 0.3) is 5.91 Å². The number of nitrogens with two attached hydrogens (primary N) is 2. The second kappa shape index (κ2) is 8.92. The highest BCUT2D eigenvalue weighted by Gasteiger charge is 2.09. The minimum absolute atomic E-state index is 0. The summed E-state index contributed by atoms with van der Waals surface area (Å²) in [7, 11) is 0. The fraction of sp³-hybridized carbons (Fsp3) is 0.308. The molecule has 0 spiro atoms. The normalized spacial score (nSPS) is 9.40. The molecule has 0 aromatic heterocycles. The van der Waals surface area contributed by atoms with E-state index in [2.05, 4.69) is 5.32 Å². The molecule has 1 aromatic rings. The highest BCUT2D eigenvalue weighted by Crippen LogP contribution is 2.05. The van der Waals surface area contributed by atoms with E-state index >= 15 is 0 Å². The number of nitrogens with one attached hydrogen (secondary N) is 1. The van der Waals surface area contributed by atoms with E-state index in [0.717, 1.165) is 0 Å². The summed E-state index contributed by atoms with van der Waals surface area (Å²) in [6.45, 7) is 0. The average molecular weight is 300 g/mol. The van der Waals surface area contributed by atoms with Crippen molar-refractivity contribution in [3.63, 3.8) is 0 Å². The lowest BCUT2D eigenvalue weighted by Gasteiger charge is -2.04. The standard InChI is InChI=1S/C13H17N3O3.ClH/c14-10-7-5-9(6-8-10)13(19)16-12(18)4-2-1-3-11(15)17;/h5-8H,1-4,14H2,(H2,15,17)(H,16,18,19);1H. The first-order valence-electron chi connectivity index (χ1n) is 5.97. The molecular formula is C13H18ClN3O3. The third-order valence-corrected chi connectivity index (χ3v) is 2.50. The summed E-state index contributed by atoms with van der Waals surface area (Å²) in [5.74, 6) is -1.22. The zero-order valence-electron chi connectivity index (χ0n) is 10.9. The number of amides is 3. The number of hydrogen-bond donors (Lipinski definition) is 3. The number of carbonyl (C=O) groups is 3. The first-order valence-corrected chi connectivity index (χ1v) is 5.97. The Morgan fingerprint density at radius 1 is 1.00 bits per heavy atom. The molecule has 0 aliphatic heterocycles. The summed E-state index contributed by atoms with van der Waals surface area (Å²) in [5.41, 5.74) is 11.4. The SMILES string of the molecule is Cl.NC(=O)CCCCC(=O)NC(=O)c1ccc(N)cc1. The maximum absolute atomic E-state index is 11.7. The maximum Gasteiger partial charge on any atom is 0.257 e. The van der Waals surface area contributed by atoms with Crippen molar-refractivity contribution in [1.82, 2.24) is 5.32 Å². The fourth-order valence-electron chi connectivity index (χ4n) is 1.48. The molecule has 3 amide bonds. The van der Waals surface area contributed by atoms with Crippen LogP contribution in [-0.4, -0.2) is 17.7 Å². The van der Waals surface area contributed by atoms with Crippen molar-refractivity contribution in [2.75, 3.05) is 5.73 Å². The van der Waals surface area contributed by atoms with Gasteiger partial charge in [-0.25, -0.2) is 0 Å². The smallest absolute Gasteiger partial charge is 0.257 e. The van der Waals surface area contributed by atoms with Gasteiger partial charge in [0.2, 0.25) is 11.8 Å². The molecule has 0 unspecified atom stereocenters. The van der Waals surface area contributed by atoms with Crippen LogP contribution in [0.2, 0.25) is 0 Å². The minimum Gasteiger partial charge on any atom is -0.399 e. The van der Waals surface area contributed by atoms with Gasteiger partial charge in [0.05, 0.1) is 0 Å². The Morgan fingerprint density at radius 3 is 2.10 bits per heavy atom. The molecule has 0 radical (unpaired) electrons. The van der Waals surface area contributed by atoms with E-state index in [9.17, 15) is 14.4 Å². The van der Waals surface area contributed by atoms with Crippen molar-refractivity contribution in [3.8, 4) is 0 Å². The Labute approximate surface area is 123 Å². The number of benzene rings is 1. The number of primary amides is 1. The number of hydrogen-bond acceptors (Lipinski definition) is 4. The molecule has 0 saturated carbocycles. The summed E-state index contributed by atoms with van der Waals surface area (Å²) >= 11 is 0.